The van der Waals surface area contributed by atoms with E-state index in [0.29, 0.717) is 37.7 Å². The first-order valence-corrected chi connectivity index (χ1v) is 11.1. The summed E-state index contributed by atoms with van der Waals surface area (Å²) in [7, 11) is 0. The molecule has 35 heavy (non-hydrogen) atoms. The molecule has 2 heterocycles. The zero-order chi connectivity index (χ0) is 25.2. The smallest absolute Gasteiger partial charge is 0.380 e. The van der Waals surface area contributed by atoms with E-state index in [4.69, 9.17) is 4.74 Å². The molecule has 4 rings (SSSR count). The molecule has 0 saturated carbocycles. The highest BCUT2D eigenvalue weighted by Gasteiger charge is 2.41. The van der Waals surface area contributed by atoms with Gasteiger partial charge < -0.3 is 14.7 Å². The number of benzene rings is 2. The number of ether oxygens (including phenoxy) is 1. The van der Waals surface area contributed by atoms with Gasteiger partial charge >= 0.3 is 6.18 Å². The average molecular weight is 496 g/mol. The second-order valence-electron chi connectivity index (χ2n) is 8.65. The Kier molecular flexibility index (Phi) is 7.09. The zero-order valence-corrected chi connectivity index (χ0v) is 18.9. The van der Waals surface area contributed by atoms with Gasteiger partial charge in [-0.15, -0.1) is 0 Å². The van der Waals surface area contributed by atoms with E-state index in [1.54, 1.807) is 6.92 Å². The largest absolute Gasteiger partial charge is 0.416 e. The Morgan fingerprint density at radius 2 is 1.77 bits per heavy atom. The molecule has 1 N–H and O–H groups in total. The maximum Gasteiger partial charge on any atom is 0.416 e. The van der Waals surface area contributed by atoms with E-state index in [-0.39, 0.29) is 18.2 Å². The molecule has 11 heteroatoms. The van der Waals surface area contributed by atoms with Crippen LogP contribution in [-0.4, -0.2) is 45.2 Å². The van der Waals surface area contributed by atoms with Gasteiger partial charge in [0.1, 0.15) is 29.9 Å². The molecule has 1 fully saturated rings. The van der Waals surface area contributed by atoms with E-state index in [9.17, 15) is 27.1 Å². The number of halogens is 5. The Bertz CT molecular complexity index is 1120. The van der Waals surface area contributed by atoms with Gasteiger partial charge in [0.15, 0.2) is 0 Å². The number of hydrogen-bond donors (Lipinski definition) is 1. The molecular formula is C24H25F5N4O2. The molecule has 0 spiro atoms. The maximum absolute atomic E-state index is 14.7. The minimum absolute atomic E-state index is 0.121. The van der Waals surface area contributed by atoms with Gasteiger partial charge in [-0.1, -0.05) is 6.07 Å². The van der Waals surface area contributed by atoms with Crippen molar-refractivity contribution in [2.24, 2.45) is 0 Å². The summed E-state index contributed by atoms with van der Waals surface area (Å²) in [6.07, 6.45) is -1.79. The molecule has 2 aromatic carbocycles. The Morgan fingerprint density at radius 1 is 1.09 bits per heavy atom. The van der Waals surface area contributed by atoms with Crippen LogP contribution in [0.25, 0.3) is 0 Å². The van der Waals surface area contributed by atoms with E-state index in [2.05, 4.69) is 10.1 Å². The molecule has 2 atom stereocenters. The van der Waals surface area contributed by atoms with Crippen LogP contribution in [0.3, 0.4) is 0 Å². The van der Waals surface area contributed by atoms with Crippen molar-refractivity contribution >= 4 is 5.69 Å². The minimum atomic E-state index is -4.39. The third-order valence-corrected chi connectivity index (χ3v) is 6.34. The van der Waals surface area contributed by atoms with E-state index >= 15 is 0 Å². The van der Waals surface area contributed by atoms with Crippen molar-refractivity contribution in [2.75, 3.05) is 18.0 Å². The van der Waals surface area contributed by atoms with E-state index in [1.807, 2.05) is 4.90 Å². The number of hydrogen-bond acceptors (Lipinski definition) is 5. The second-order valence-corrected chi connectivity index (χ2v) is 8.65. The summed E-state index contributed by atoms with van der Waals surface area (Å²) in [5, 5.41) is 15.6. The number of rotatable bonds is 7. The predicted octanol–water partition coefficient (Wildman–Crippen LogP) is 4.54. The minimum Gasteiger partial charge on any atom is -0.380 e. The average Bonchev–Trinajstić information content (AvgIpc) is 3.31. The van der Waals surface area contributed by atoms with Crippen LogP contribution in [-0.2, 0) is 23.1 Å². The fourth-order valence-electron chi connectivity index (χ4n) is 4.35. The molecule has 0 unspecified atom stereocenters. The Hall–Kier alpha value is -3.05. The zero-order valence-electron chi connectivity index (χ0n) is 18.9. The fourth-order valence-corrected chi connectivity index (χ4v) is 4.35. The topological polar surface area (TPSA) is 63.4 Å². The molecular weight excluding hydrogens is 471 g/mol. The normalized spacial score (nSPS) is 17.9. The molecule has 0 bridgehead atoms. The van der Waals surface area contributed by atoms with Crippen LogP contribution in [0.2, 0.25) is 0 Å². The van der Waals surface area contributed by atoms with Crippen molar-refractivity contribution in [3.63, 3.8) is 0 Å². The highest BCUT2D eigenvalue weighted by molar-refractivity contribution is 5.48. The van der Waals surface area contributed by atoms with Gasteiger partial charge in [0.2, 0.25) is 0 Å². The van der Waals surface area contributed by atoms with Crippen LogP contribution in [0.4, 0.5) is 27.6 Å². The SMILES string of the molecule is C[C@@H](OC1CCN(c2ccc(C(F)(F)F)cc2)CC1)[C@](O)(Cn1cncn1)c1ccc(F)cc1F. The van der Waals surface area contributed by atoms with Crippen molar-refractivity contribution in [2.45, 2.75) is 50.3 Å². The van der Waals surface area contributed by atoms with E-state index in [0.717, 1.165) is 18.2 Å². The lowest BCUT2D eigenvalue weighted by molar-refractivity contribution is -0.145. The summed E-state index contributed by atoms with van der Waals surface area (Å²) < 4.78 is 74.1. The Balaban J connectivity index is 1.44. The van der Waals surface area contributed by atoms with Crippen molar-refractivity contribution in [3.05, 3.63) is 77.9 Å². The van der Waals surface area contributed by atoms with Gasteiger partial charge in [-0.25, -0.2) is 18.4 Å². The summed E-state index contributed by atoms with van der Waals surface area (Å²) >= 11 is 0. The third kappa shape index (κ3) is 5.62. The molecule has 0 amide bonds. The van der Waals surface area contributed by atoms with Crippen molar-refractivity contribution in [3.8, 4) is 0 Å². The molecule has 188 valence electrons. The molecule has 1 saturated heterocycles. The number of nitrogens with zero attached hydrogens (tertiary/aromatic N) is 4. The van der Waals surface area contributed by atoms with Gasteiger partial charge in [-0.05, 0) is 50.1 Å². The van der Waals surface area contributed by atoms with Gasteiger partial charge in [-0.3, -0.25) is 0 Å². The van der Waals surface area contributed by atoms with Gasteiger partial charge in [0.25, 0.3) is 0 Å². The fraction of sp³-hybridized carbons (Fsp3) is 0.417. The van der Waals surface area contributed by atoms with Gasteiger partial charge in [0.05, 0.1) is 24.3 Å². The summed E-state index contributed by atoms with van der Waals surface area (Å²) in [6.45, 7) is 2.52. The standard InChI is InChI=1S/C24H25F5N4O2/c1-16(23(34,13-33-15-30-14-31-33)21-7-4-18(25)12-22(21)26)35-20-8-10-32(11-9-20)19-5-2-17(3-6-19)24(27,28)29/h2-7,12,14-16,20,34H,8-11,13H2,1H3/t16-,23-/m1/s1. The highest BCUT2D eigenvalue weighted by atomic mass is 19.4. The van der Waals surface area contributed by atoms with Crippen molar-refractivity contribution in [1.29, 1.82) is 0 Å². The first-order chi connectivity index (χ1) is 16.6. The third-order valence-electron chi connectivity index (χ3n) is 6.34. The van der Waals surface area contributed by atoms with Gasteiger partial charge in [0, 0.05) is 30.4 Å². The number of piperidine rings is 1. The van der Waals surface area contributed by atoms with Crippen LogP contribution in [0.5, 0.6) is 0 Å². The Morgan fingerprint density at radius 3 is 2.34 bits per heavy atom. The lowest BCUT2D eigenvalue weighted by Crippen LogP contribution is -2.47. The van der Waals surface area contributed by atoms with Crippen molar-refractivity contribution < 1.29 is 31.8 Å². The monoisotopic (exact) mass is 496 g/mol. The summed E-state index contributed by atoms with van der Waals surface area (Å²) in [6, 6.07) is 7.97. The quantitative estimate of drug-likeness (QED) is 0.487. The molecule has 1 aromatic heterocycles. The first kappa shape index (κ1) is 25.1. The lowest BCUT2D eigenvalue weighted by atomic mass is 9.87. The van der Waals surface area contributed by atoms with Crippen molar-refractivity contribution in [1.82, 2.24) is 14.8 Å². The molecule has 1 aliphatic rings. The van der Waals surface area contributed by atoms with Crippen LogP contribution in [0, 0.1) is 11.6 Å². The molecule has 6 nitrogen and oxygen atoms in total. The first-order valence-electron chi connectivity index (χ1n) is 11.1. The molecule has 0 aliphatic carbocycles. The number of anilines is 1. The van der Waals surface area contributed by atoms with Crippen LogP contribution < -0.4 is 4.90 Å². The van der Waals surface area contributed by atoms with E-state index in [1.165, 1.54) is 35.5 Å². The molecule has 1 aliphatic heterocycles. The Labute approximate surface area is 199 Å². The van der Waals surface area contributed by atoms with Crippen LogP contribution in [0.1, 0.15) is 30.9 Å². The molecule has 0 radical (unpaired) electrons. The number of aromatic nitrogens is 3. The summed E-state index contributed by atoms with van der Waals surface area (Å²) in [4.78, 5) is 5.81. The summed E-state index contributed by atoms with van der Waals surface area (Å²) in [5.74, 6) is -1.67. The van der Waals surface area contributed by atoms with E-state index < -0.39 is 35.1 Å². The number of alkyl halides is 3. The maximum atomic E-state index is 14.7. The van der Waals surface area contributed by atoms with Crippen LogP contribution >= 0.6 is 0 Å². The summed E-state index contributed by atoms with van der Waals surface area (Å²) in [5.41, 5.74) is -2.01. The highest BCUT2D eigenvalue weighted by Crippen LogP contribution is 2.34. The predicted molar refractivity (Wildman–Crippen MR) is 118 cm³/mol. The van der Waals surface area contributed by atoms with Gasteiger partial charge in [-0.2, -0.15) is 18.3 Å². The van der Waals surface area contributed by atoms with Crippen LogP contribution in [0.15, 0.2) is 55.1 Å². The second kappa shape index (κ2) is 9.90. The lowest BCUT2D eigenvalue weighted by Gasteiger charge is -2.39. The molecule has 3 aromatic rings. The number of aliphatic hydroxyl groups is 1.